The molecule has 1 rings (SSSR count). The van der Waals surface area contributed by atoms with Gasteiger partial charge in [-0.1, -0.05) is 11.6 Å². The van der Waals surface area contributed by atoms with E-state index in [2.05, 4.69) is 4.98 Å². The normalized spacial score (nSPS) is 10.0. The quantitative estimate of drug-likeness (QED) is 0.540. The maximum absolute atomic E-state index is 12.2. The van der Waals surface area contributed by atoms with Crippen molar-refractivity contribution in [3.63, 3.8) is 0 Å². The van der Waals surface area contributed by atoms with Gasteiger partial charge >= 0.3 is 0 Å². The Labute approximate surface area is 59.5 Å². The van der Waals surface area contributed by atoms with Crippen molar-refractivity contribution in [1.82, 2.24) is 4.98 Å². The number of aromatic nitrogens is 1. The van der Waals surface area contributed by atoms with Crippen LogP contribution in [0.5, 0.6) is 0 Å². The van der Waals surface area contributed by atoms with Gasteiger partial charge in [0.25, 0.3) is 0 Å². The maximum Gasteiger partial charge on any atom is 0.237 e. The lowest BCUT2D eigenvalue weighted by Gasteiger charge is -1.93. The van der Waals surface area contributed by atoms with Crippen molar-refractivity contribution in [2.75, 3.05) is 0 Å². The average molecular weight is 168 g/mol. The third-order valence-corrected chi connectivity index (χ3v) is 1.18. The highest BCUT2D eigenvalue weighted by atomic mass is 35.5. The topological polar surface area (TPSA) is 12.9 Å². The van der Waals surface area contributed by atoms with E-state index in [0.717, 1.165) is 0 Å². The van der Waals surface area contributed by atoms with Crippen LogP contribution >= 0.6 is 11.6 Å². The molecule has 0 bridgehead atoms. The lowest BCUT2D eigenvalue weighted by atomic mass is 10.4. The molecule has 0 spiro atoms. The first-order valence-electron chi connectivity index (χ1n) is 2.28. The molecule has 0 aliphatic rings. The third-order valence-electron chi connectivity index (χ3n) is 0.842. The van der Waals surface area contributed by atoms with Gasteiger partial charge in [0.1, 0.15) is 5.02 Å². The number of pyridine rings is 1. The molecule has 0 aliphatic carbocycles. The molecule has 5 heteroatoms. The van der Waals surface area contributed by atoms with E-state index >= 15 is 0 Å². The van der Waals surface area contributed by atoms with Crippen LogP contribution in [0.15, 0.2) is 6.07 Å². The minimum atomic E-state index is -1.33. The molecule has 0 radical (unpaired) electrons. The van der Waals surface area contributed by atoms with Crippen LogP contribution < -0.4 is 0 Å². The van der Waals surface area contributed by atoms with Crippen molar-refractivity contribution in [2.24, 2.45) is 0 Å². The molecule has 0 aliphatic heterocycles. The van der Waals surface area contributed by atoms with E-state index in [1.807, 2.05) is 0 Å². The summed E-state index contributed by atoms with van der Waals surface area (Å²) >= 11 is 4.97. The summed E-state index contributed by atoms with van der Waals surface area (Å²) in [7, 11) is 0. The van der Waals surface area contributed by atoms with Crippen LogP contribution in [0.3, 0.4) is 0 Å². The molecule has 0 unspecified atom stereocenters. The van der Waals surface area contributed by atoms with E-state index in [1.54, 1.807) is 0 Å². The fraction of sp³-hybridized carbons (Fsp3) is 0. The first-order valence-corrected chi connectivity index (χ1v) is 2.66. The molecular formula is C5HClF3N. The number of nitrogens with zero attached hydrogens (tertiary/aromatic N) is 1. The minimum absolute atomic E-state index is 0.408. The maximum atomic E-state index is 12.2. The predicted molar refractivity (Wildman–Crippen MR) is 29.1 cm³/mol. The standard InChI is InChI=1S/C5HClF3N/c6-4-2(7)1-3(8)10-5(4)9/h1H. The van der Waals surface area contributed by atoms with Gasteiger partial charge in [-0.25, -0.2) is 4.39 Å². The number of hydrogen-bond donors (Lipinski definition) is 0. The fourth-order valence-electron chi connectivity index (χ4n) is 0.442. The van der Waals surface area contributed by atoms with Crippen LogP contribution in [-0.4, -0.2) is 4.98 Å². The predicted octanol–water partition coefficient (Wildman–Crippen LogP) is 2.15. The Morgan fingerprint density at radius 3 is 2.40 bits per heavy atom. The molecule has 1 aromatic rings. The smallest absolute Gasteiger partial charge is 0.205 e. The van der Waals surface area contributed by atoms with Crippen LogP contribution in [0.4, 0.5) is 13.2 Å². The lowest BCUT2D eigenvalue weighted by molar-refractivity contribution is 0.488. The van der Waals surface area contributed by atoms with Crippen molar-refractivity contribution in [1.29, 1.82) is 0 Å². The zero-order valence-corrected chi connectivity index (χ0v) is 5.29. The van der Waals surface area contributed by atoms with E-state index in [-0.39, 0.29) is 0 Å². The zero-order valence-electron chi connectivity index (χ0n) is 4.54. The van der Waals surface area contributed by atoms with Gasteiger partial charge in [0, 0.05) is 6.07 Å². The summed E-state index contributed by atoms with van der Waals surface area (Å²) < 4.78 is 36.3. The third kappa shape index (κ3) is 1.21. The molecule has 0 saturated heterocycles. The van der Waals surface area contributed by atoms with Crippen LogP contribution in [0.1, 0.15) is 0 Å². The first kappa shape index (κ1) is 7.34. The Bertz CT molecular complexity index is 240. The average Bonchev–Trinajstić information content (AvgIpc) is 1.82. The number of halogens is 4. The second kappa shape index (κ2) is 2.46. The van der Waals surface area contributed by atoms with Gasteiger partial charge in [-0.05, 0) is 0 Å². The van der Waals surface area contributed by atoms with Gasteiger partial charge in [-0.3, -0.25) is 0 Å². The lowest BCUT2D eigenvalue weighted by Crippen LogP contribution is -1.92. The first-order chi connectivity index (χ1) is 4.61. The molecule has 0 atom stereocenters. The summed E-state index contributed by atoms with van der Waals surface area (Å²) in [4.78, 5) is 2.63. The molecule has 0 amide bonds. The second-order valence-corrected chi connectivity index (χ2v) is 1.91. The molecule has 1 nitrogen and oxygen atoms in total. The Hall–Kier alpha value is -0.770. The Morgan fingerprint density at radius 1 is 1.30 bits per heavy atom. The van der Waals surface area contributed by atoms with Gasteiger partial charge in [0.15, 0.2) is 5.82 Å². The van der Waals surface area contributed by atoms with E-state index < -0.39 is 22.7 Å². The summed E-state index contributed by atoms with van der Waals surface area (Å²) in [6.07, 6.45) is 0. The van der Waals surface area contributed by atoms with Crippen LogP contribution in [0, 0.1) is 17.7 Å². The summed E-state index contributed by atoms with van der Waals surface area (Å²) in [5.74, 6) is -3.70. The Balaban J connectivity index is 3.31. The van der Waals surface area contributed by atoms with Crippen LogP contribution in [-0.2, 0) is 0 Å². The summed E-state index contributed by atoms with van der Waals surface area (Å²) in [5, 5.41) is -0.790. The SMILES string of the molecule is Fc1cc(F)c(Cl)c(F)n1. The Kier molecular flexibility index (Phi) is 1.80. The van der Waals surface area contributed by atoms with Gasteiger partial charge in [0.05, 0.1) is 0 Å². The molecule has 0 fully saturated rings. The van der Waals surface area contributed by atoms with Gasteiger partial charge in [0.2, 0.25) is 11.9 Å². The largest absolute Gasteiger partial charge is 0.237 e. The second-order valence-electron chi connectivity index (χ2n) is 1.53. The molecule has 10 heavy (non-hydrogen) atoms. The van der Waals surface area contributed by atoms with E-state index in [4.69, 9.17) is 11.6 Å². The van der Waals surface area contributed by atoms with E-state index in [0.29, 0.717) is 6.07 Å². The minimum Gasteiger partial charge on any atom is -0.205 e. The molecular weight excluding hydrogens is 167 g/mol. The van der Waals surface area contributed by atoms with E-state index in [1.165, 1.54) is 0 Å². The van der Waals surface area contributed by atoms with Crippen LogP contribution in [0.2, 0.25) is 5.02 Å². The molecule has 0 N–H and O–H groups in total. The van der Waals surface area contributed by atoms with Crippen LogP contribution in [0.25, 0.3) is 0 Å². The Morgan fingerprint density at radius 2 is 1.90 bits per heavy atom. The number of rotatable bonds is 0. The summed E-state index contributed by atoms with van der Waals surface area (Å²) in [5.41, 5.74) is 0. The van der Waals surface area contributed by atoms with Gasteiger partial charge < -0.3 is 0 Å². The fourth-order valence-corrected chi connectivity index (χ4v) is 0.538. The molecule has 54 valence electrons. The number of hydrogen-bond acceptors (Lipinski definition) is 1. The molecule has 0 aromatic carbocycles. The van der Waals surface area contributed by atoms with Crippen molar-refractivity contribution in [2.45, 2.75) is 0 Å². The highest BCUT2D eigenvalue weighted by Gasteiger charge is 2.09. The summed E-state index contributed by atoms with van der Waals surface area (Å²) in [6.45, 7) is 0. The highest BCUT2D eigenvalue weighted by molar-refractivity contribution is 6.30. The van der Waals surface area contributed by atoms with Crippen molar-refractivity contribution in [3.8, 4) is 0 Å². The van der Waals surface area contributed by atoms with Crippen molar-refractivity contribution in [3.05, 3.63) is 28.8 Å². The zero-order chi connectivity index (χ0) is 7.72. The van der Waals surface area contributed by atoms with Gasteiger partial charge in [-0.2, -0.15) is 13.8 Å². The van der Waals surface area contributed by atoms with Crippen molar-refractivity contribution < 1.29 is 13.2 Å². The summed E-state index contributed by atoms with van der Waals surface area (Å²) in [6, 6.07) is 0.408. The van der Waals surface area contributed by atoms with Crippen molar-refractivity contribution >= 4 is 11.6 Å². The molecule has 0 saturated carbocycles. The van der Waals surface area contributed by atoms with E-state index in [9.17, 15) is 13.2 Å². The highest BCUT2D eigenvalue weighted by Crippen LogP contribution is 2.16. The molecule has 1 heterocycles. The molecule has 1 aromatic heterocycles. The monoisotopic (exact) mass is 167 g/mol. The van der Waals surface area contributed by atoms with Gasteiger partial charge in [-0.15, -0.1) is 0 Å².